The molecular weight excluding hydrogens is 326 g/mol. The first kappa shape index (κ1) is 17.2. The number of nitrogens with one attached hydrogen (secondary N) is 1. The van der Waals surface area contributed by atoms with Crippen LogP contribution in [-0.2, 0) is 20.7 Å². The summed E-state index contributed by atoms with van der Waals surface area (Å²) in [5, 5.41) is 11.7. The first-order valence-electron chi connectivity index (χ1n) is 8.28. The van der Waals surface area contributed by atoms with E-state index in [0.717, 1.165) is 11.3 Å². The summed E-state index contributed by atoms with van der Waals surface area (Å²) in [6.45, 7) is 2.33. The molecule has 2 fully saturated rings. The molecule has 8 nitrogen and oxygen atoms in total. The van der Waals surface area contributed by atoms with Crippen molar-refractivity contribution in [2.45, 2.75) is 18.9 Å². The topological polar surface area (TPSA) is 99.2 Å². The number of benzene rings is 1. The van der Waals surface area contributed by atoms with Crippen molar-refractivity contribution in [2.24, 2.45) is 0 Å². The number of amides is 3. The minimum absolute atomic E-state index is 0.110. The number of carboxylic acid groups (broad SMARTS) is 1. The lowest BCUT2D eigenvalue weighted by Gasteiger charge is -2.35. The number of anilines is 1. The van der Waals surface area contributed by atoms with Gasteiger partial charge in [0.25, 0.3) is 0 Å². The molecule has 0 spiro atoms. The molecule has 1 atom stereocenters. The van der Waals surface area contributed by atoms with Crippen LogP contribution in [0.15, 0.2) is 24.3 Å². The Morgan fingerprint density at radius 2 is 2.00 bits per heavy atom. The van der Waals surface area contributed by atoms with Gasteiger partial charge in [-0.3, -0.25) is 14.5 Å². The molecule has 2 aliphatic rings. The fraction of sp³-hybridized carbons (Fsp3) is 0.471. The first-order valence-corrected chi connectivity index (χ1v) is 8.28. The van der Waals surface area contributed by atoms with E-state index in [1.807, 2.05) is 24.3 Å². The number of hydrogen-bond donors (Lipinski definition) is 2. The van der Waals surface area contributed by atoms with Crippen molar-refractivity contribution in [2.75, 3.05) is 37.7 Å². The van der Waals surface area contributed by atoms with Gasteiger partial charge in [0.15, 0.2) is 0 Å². The van der Waals surface area contributed by atoms with Crippen LogP contribution in [0.1, 0.15) is 12.0 Å². The summed E-state index contributed by atoms with van der Waals surface area (Å²) in [7, 11) is 0. The molecular formula is C17H21N3O5. The van der Waals surface area contributed by atoms with Gasteiger partial charge in [-0.05, 0) is 17.7 Å². The average molecular weight is 347 g/mol. The van der Waals surface area contributed by atoms with Crippen LogP contribution < -0.4 is 10.2 Å². The number of carbonyl (C=O) groups is 3. The van der Waals surface area contributed by atoms with Crippen molar-refractivity contribution in [3.8, 4) is 0 Å². The van der Waals surface area contributed by atoms with Crippen LogP contribution in [-0.4, -0.2) is 66.8 Å². The molecule has 1 aromatic carbocycles. The molecule has 1 unspecified atom stereocenters. The Morgan fingerprint density at radius 3 is 2.64 bits per heavy atom. The highest BCUT2D eigenvalue weighted by Crippen LogP contribution is 2.19. The Kier molecular flexibility index (Phi) is 5.18. The molecule has 0 radical (unpaired) electrons. The van der Waals surface area contributed by atoms with Gasteiger partial charge in [-0.25, -0.2) is 4.79 Å². The molecule has 2 aliphatic heterocycles. The van der Waals surface area contributed by atoms with Crippen LogP contribution in [0.5, 0.6) is 0 Å². The summed E-state index contributed by atoms with van der Waals surface area (Å²) in [6, 6.07) is 6.75. The Bertz CT molecular complexity index is 661. The SMILES string of the molecule is O=C(O)CC1COCCN1C(=O)Cc1ccc(N2CCNC2=O)cc1. The highest BCUT2D eigenvalue weighted by Gasteiger charge is 2.29. The van der Waals surface area contributed by atoms with Gasteiger partial charge in [-0.2, -0.15) is 0 Å². The fourth-order valence-electron chi connectivity index (χ4n) is 3.14. The van der Waals surface area contributed by atoms with Gasteiger partial charge in [0.1, 0.15) is 0 Å². The molecule has 8 heteroatoms. The largest absolute Gasteiger partial charge is 0.481 e. The molecule has 1 aromatic rings. The van der Waals surface area contributed by atoms with Gasteiger partial charge in [-0.15, -0.1) is 0 Å². The lowest BCUT2D eigenvalue weighted by Crippen LogP contribution is -2.50. The highest BCUT2D eigenvalue weighted by atomic mass is 16.5. The standard InChI is InChI=1S/C17H21N3O5/c21-15(19-7-8-25-11-14(19)10-16(22)23)9-12-1-3-13(4-2-12)20-6-5-18-17(20)24/h1-4,14H,5-11H2,(H,18,24)(H,22,23). The van der Waals surface area contributed by atoms with E-state index in [1.165, 1.54) is 0 Å². The van der Waals surface area contributed by atoms with E-state index in [4.69, 9.17) is 9.84 Å². The second-order valence-electron chi connectivity index (χ2n) is 6.14. The Labute approximate surface area is 145 Å². The molecule has 25 heavy (non-hydrogen) atoms. The van der Waals surface area contributed by atoms with Crippen LogP contribution in [0.25, 0.3) is 0 Å². The maximum absolute atomic E-state index is 12.6. The smallest absolute Gasteiger partial charge is 0.321 e. The number of nitrogens with zero attached hydrogens (tertiary/aromatic N) is 2. The zero-order valence-corrected chi connectivity index (χ0v) is 13.8. The van der Waals surface area contributed by atoms with Gasteiger partial charge < -0.3 is 20.1 Å². The van der Waals surface area contributed by atoms with Crippen molar-refractivity contribution < 1.29 is 24.2 Å². The molecule has 3 rings (SSSR count). The van der Waals surface area contributed by atoms with E-state index < -0.39 is 12.0 Å². The summed E-state index contributed by atoms with van der Waals surface area (Å²) < 4.78 is 5.30. The zero-order chi connectivity index (χ0) is 17.8. The van der Waals surface area contributed by atoms with E-state index in [9.17, 15) is 14.4 Å². The highest BCUT2D eigenvalue weighted by molar-refractivity contribution is 5.94. The molecule has 2 heterocycles. The molecule has 0 saturated carbocycles. The quantitative estimate of drug-likeness (QED) is 0.806. The fourth-order valence-corrected chi connectivity index (χ4v) is 3.14. The lowest BCUT2D eigenvalue weighted by molar-refractivity contribution is -0.145. The average Bonchev–Trinajstić information content (AvgIpc) is 3.01. The number of ether oxygens (including phenoxy) is 1. The van der Waals surface area contributed by atoms with Crippen LogP contribution in [0.2, 0.25) is 0 Å². The van der Waals surface area contributed by atoms with Crippen molar-refractivity contribution in [1.82, 2.24) is 10.2 Å². The van der Waals surface area contributed by atoms with E-state index in [2.05, 4.69) is 5.32 Å². The molecule has 134 valence electrons. The molecule has 2 N–H and O–H groups in total. The van der Waals surface area contributed by atoms with E-state index in [0.29, 0.717) is 26.2 Å². The maximum atomic E-state index is 12.6. The van der Waals surface area contributed by atoms with E-state index >= 15 is 0 Å². The number of aliphatic carboxylic acids is 1. The second kappa shape index (κ2) is 7.52. The van der Waals surface area contributed by atoms with Crippen LogP contribution in [0.4, 0.5) is 10.5 Å². The van der Waals surface area contributed by atoms with E-state index in [1.54, 1.807) is 9.80 Å². The minimum atomic E-state index is -0.943. The third kappa shape index (κ3) is 4.08. The molecule has 0 aliphatic carbocycles. The van der Waals surface area contributed by atoms with Gasteiger partial charge >= 0.3 is 12.0 Å². The lowest BCUT2D eigenvalue weighted by atomic mass is 10.1. The normalized spacial score (nSPS) is 20.5. The van der Waals surface area contributed by atoms with Crippen molar-refractivity contribution in [1.29, 1.82) is 0 Å². The summed E-state index contributed by atoms with van der Waals surface area (Å²) >= 11 is 0. The number of hydrogen-bond acceptors (Lipinski definition) is 4. The molecule has 0 bridgehead atoms. The predicted molar refractivity (Wildman–Crippen MR) is 89.5 cm³/mol. The molecule has 0 aromatic heterocycles. The number of rotatable bonds is 5. The maximum Gasteiger partial charge on any atom is 0.321 e. The van der Waals surface area contributed by atoms with E-state index in [-0.39, 0.29) is 31.4 Å². The summed E-state index contributed by atoms with van der Waals surface area (Å²) in [6.07, 6.45) is 0.0807. The third-order valence-electron chi connectivity index (χ3n) is 4.42. The van der Waals surface area contributed by atoms with Crippen molar-refractivity contribution in [3.63, 3.8) is 0 Å². The summed E-state index contributed by atoms with van der Waals surface area (Å²) in [5.74, 6) is -1.05. The minimum Gasteiger partial charge on any atom is -0.481 e. The monoisotopic (exact) mass is 347 g/mol. The third-order valence-corrected chi connectivity index (χ3v) is 4.42. The van der Waals surface area contributed by atoms with Crippen molar-refractivity contribution >= 4 is 23.6 Å². The van der Waals surface area contributed by atoms with Gasteiger partial charge in [0.05, 0.1) is 32.1 Å². The Hall–Kier alpha value is -2.61. The zero-order valence-electron chi connectivity index (χ0n) is 13.8. The van der Waals surface area contributed by atoms with Crippen molar-refractivity contribution in [3.05, 3.63) is 29.8 Å². The van der Waals surface area contributed by atoms with Gasteiger partial charge in [0, 0.05) is 25.3 Å². The number of carboxylic acids is 1. The predicted octanol–water partition coefficient (Wildman–Crippen LogP) is 0.461. The molecule has 2 saturated heterocycles. The number of carbonyl (C=O) groups excluding carboxylic acids is 2. The van der Waals surface area contributed by atoms with Crippen LogP contribution >= 0.6 is 0 Å². The Morgan fingerprint density at radius 1 is 1.24 bits per heavy atom. The first-order chi connectivity index (χ1) is 12.0. The van der Waals surface area contributed by atoms with Crippen LogP contribution in [0.3, 0.4) is 0 Å². The van der Waals surface area contributed by atoms with Gasteiger partial charge in [0.2, 0.25) is 5.91 Å². The summed E-state index contributed by atoms with van der Waals surface area (Å²) in [5.41, 5.74) is 1.62. The van der Waals surface area contributed by atoms with Gasteiger partial charge in [-0.1, -0.05) is 12.1 Å². The Balaban J connectivity index is 1.63. The van der Waals surface area contributed by atoms with Crippen LogP contribution in [0, 0.1) is 0 Å². The second-order valence-corrected chi connectivity index (χ2v) is 6.14. The molecule has 3 amide bonds. The number of morpholine rings is 1. The number of urea groups is 1. The summed E-state index contributed by atoms with van der Waals surface area (Å²) in [4.78, 5) is 38.4.